The molecule has 0 aliphatic rings. The Kier molecular flexibility index (Phi) is 5.22. The molecule has 22 heavy (non-hydrogen) atoms. The summed E-state index contributed by atoms with van der Waals surface area (Å²) in [7, 11) is 1.30. The second-order valence-electron chi connectivity index (χ2n) is 4.74. The SMILES string of the molecule is COC(=O)CC(NC(=O)c1ccc(C)o1)c1ccccc1Cl. The van der Waals surface area contributed by atoms with Crippen LogP contribution in [0.4, 0.5) is 0 Å². The topological polar surface area (TPSA) is 68.5 Å². The number of benzene rings is 1. The highest BCUT2D eigenvalue weighted by molar-refractivity contribution is 6.31. The molecule has 1 atom stereocenters. The zero-order chi connectivity index (χ0) is 16.1. The highest BCUT2D eigenvalue weighted by atomic mass is 35.5. The molecule has 0 fully saturated rings. The monoisotopic (exact) mass is 321 g/mol. The molecule has 0 radical (unpaired) electrons. The quantitative estimate of drug-likeness (QED) is 0.858. The van der Waals surface area contributed by atoms with E-state index in [1.807, 2.05) is 0 Å². The third kappa shape index (κ3) is 3.89. The van der Waals surface area contributed by atoms with Crippen molar-refractivity contribution in [1.29, 1.82) is 0 Å². The Balaban J connectivity index is 2.23. The normalized spacial score (nSPS) is 11.8. The zero-order valence-corrected chi connectivity index (χ0v) is 13.0. The van der Waals surface area contributed by atoms with Crippen LogP contribution >= 0.6 is 11.6 Å². The molecule has 116 valence electrons. The molecule has 0 spiro atoms. The number of ether oxygens (including phenoxy) is 1. The van der Waals surface area contributed by atoms with Gasteiger partial charge in [0.1, 0.15) is 5.76 Å². The summed E-state index contributed by atoms with van der Waals surface area (Å²) in [5.41, 5.74) is 0.645. The molecule has 1 unspecified atom stereocenters. The summed E-state index contributed by atoms with van der Waals surface area (Å²) in [6, 6.07) is 9.69. The van der Waals surface area contributed by atoms with Crippen molar-refractivity contribution in [2.75, 3.05) is 7.11 Å². The van der Waals surface area contributed by atoms with Gasteiger partial charge in [0, 0.05) is 5.02 Å². The van der Waals surface area contributed by atoms with Gasteiger partial charge in [0.05, 0.1) is 19.6 Å². The molecule has 1 heterocycles. The van der Waals surface area contributed by atoms with Crippen LogP contribution in [0.3, 0.4) is 0 Å². The fourth-order valence-corrected chi connectivity index (χ4v) is 2.30. The summed E-state index contributed by atoms with van der Waals surface area (Å²) in [6.07, 6.45) is -0.0222. The predicted octanol–water partition coefficient (Wildman–Crippen LogP) is 3.28. The smallest absolute Gasteiger partial charge is 0.307 e. The molecule has 1 aromatic heterocycles. The standard InChI is InChI=1S/C16H16ClNO4/c1-10-7-8-14(22-10)16(20)18-13(9-15(19)21-2)11-5-3-4-6-12(11)17/h3-8,13H,9H2,1-2H3,(H,18,20). The molecule has 5 nitrogen and oxygen atoms in total. The van der Waals surface area contributed by atoms with E-state index in [1.54, 1.807) is 43.3 Å². The van der Waals surface area contributed by atoms with Crippen LogP contribution in [0.2, 0.25) is 5.02 Å². The van der Waals surface area contributed by atoms with Crippen molar-refractivity contribution in [3.05, 3.63) is 58.5 Å². The van der Waals surface area contributed by atoms with Gasteiger partial charge in [-0.25, -0.2) is 0 Å². The van der Waals surface area contributed by atoms with Crippen LogP contribution in [-0.4, -0.2) is 19.0 Å². The number of hydrogen-bond acceptors (Lipinski definition) is 4. The number of methoxy groups -OCH3 is 1. The summed E-state index contributed by atoms with van der Waals surface area (Å²) in [5, 5.41) is 3.22. The van der Waals surface area contributed by atoms with Crippen LogP contribution in [0.1, 0.15) is 34.3 Å². The maximum Gasteiger partial charge on any atom is 0.307 e. The Morgan fingerprint density at radius 1 is 1.27 bits per heavy atom. The minimum absolute atomic E-state index is 0.0222. The fraction of sp³-hybridized carbons (Fsp3) is 0.250. The number of aryl methyl sites for hydroxylation is 1. The van der Waals surface area contributed by atoms with Gasteiger partial charge in [0.15, 0.2) is 5.76 Å². The number of amides is 1. The molecule has 2 rings (SSSR count). The van der Waals surface area contributed by atoms with Crippen molar-refractivity contribution in [1.82, 2.24) is 5.32 Å². The van der Waals surface area contributed by atoms with E-state index in [-0.39, 0.29) is 12.2 Å². The molecule has 2 aromatic rings. The first-order valence-corrected chi connectivity index (χ1v) is 7.07. The van der Waals surface area contributed by atoms with Crippen LogP contribution in [0, 0.1) is 6.92 Å². The largest absolute Gasteiger partial charge is 0.469 e. The van der Waals surface area contributed by atoms with E-state index in [9.17, 15) is 9.59 Å². The van der Waals surface area contributed by atoms with Gasteiger partial charge >= 0.3 is 5.97 Å². The van der Waals surface area contributed by atoms with Gasteiger partial charge in [0.25, 0.3) is 5.91 Å². The molecule has 6 heteroatoms. The van der Waals surface area contributed by atoms with Crippen molar-refractivity contribution >= 4 is 23.5 Å². The molecule has 0 bridgehead atoms. The molecule has 1 aromatic carbocycles. The van der Waals surface area contributed by atoms with E-state index in [4.69, 9.17) is 16.0 Å². The van der Waals surface area contributed by atoms with Crippen LogP contribution in [0.15, 0.2) is 40.8 Å². The van der Waals surface area contributed by atoms with E-state index in [2.05, 4.69) is 10.1 Å². The Bertz CT molecular complexity index is 680. The third-order valence-electron chi connectivity index (χ3n) is 3.15. The van der Waals surface area contributed by atoms with E-state index in [0.29, 0.717) is 16.3 Å². The summed E-state index contributed by atoms with van der Waals surface area (Å²) < 4.78 is 9.96. The van der Waals surface area contributed by atoms with Gasteiger partial charge in [-0.1, -0.05) is 29.8 Å². The van der Waals surface area contributed by atoms with E-state index in [1.165, 1.54) is 7.11 Å². The molecule has 1 N–H and O–H groups in total. The number of rotatable bonds is 5. The fourth-order valence-electron chi connectivity index (χ4n) is 2.03. The third-order valence-corrected chi connectivity index (χ3v) is 3.49. The van der Waals surface area contributed by atoms with Crippen molar-refractivity contribution in [2.24, 2.45) is 0 Å². The number of esters is 1. The van der Waals surface area contributed by atoms with Gasteiger partial charge in [-0.3, -0.25) is 9.59 Å². The second-order valence-corrected chi connectivity index (χ2v) is 5.15. The first-order chi connectivity index (χ1) is 10.5. The lowest BCUT2D eigenvalue weighted by molar-refractivity contribution is -0.141. The minimum atomic E-state index is -0.598. The van der Waals surface area contributed by atoms with Crippen molar-refractivity contribution in [3.8, 4) is 0 Å². The molecular formula is C16H16ClNO4. The summed E-state index contributed by atoms with van der Waals surface area (Å²) in [4.78, 5) is 23.8. The van der Waals surface area contributed by atoms with Gasteiger partial charge in [-0.2, -0.15) is 0 Å². The molecule has 0 aliphatic carbocycles. The first kappa shape index (κ1) is 16.1. The number of nitrogens with one attached hydrogen (secondary N) is 1. The molecule has 0 aliphatic heterocycles. The number of furan rings is 1. The Morgan fingerprint density at radius 3 is 2.59 bits per heavy atom. The zero-order valence-electron chi connectivity index (χ0n) is 12.3. The molecule has 0 saturated heterocycles. The Morgan fingerprint density at radius 2 is 2.00 bits per heavy atom. The highest BCUT2D eigenvalue weighted by Crippen LogP contribution is 2.26. The minimum Gasteiger partial charge on any atom is -0.469 e. The lowest BCUT2D eigenvalue weighted by atomic mass is 10.0. The second kappa shape index (κ2) is 7.13. The molecule has 1 amide bonds. The van der Waals surface area contributed by atoms with Crippen molar-refractivity contribution in [3.63, 3.8) is 0 Å². The van der Waals surface area contributed by atoms with Crippen LogP contribution < -0.4 is 5.32 Å². The maximum atomic E-state index is 12.2. The van der Waals surface area contributed by atoms with Gasteiger partial charge in [0.2, 0.25) is 0 Å². The number of carbonyl (C=O) groups excluding carboxylic acids is 2. The maximum absolute atomic E-state index is 12.2. The van der Waals surface area contributed by atoms with Crippen LogP contribution in [0.5, 0.6) is 0 Å². The number of hydrogen-bond donors (Lipinski definition) is 1. The van der Waals surface area contributed by atoms with Gasteiger partial charge in [-0.15, -0.1) is 0 Å². The van der Waals surface area contributed by atoms with E-state index in [0.717, 1.165) is 0 Å². The predicted molar refractivity (Wildman–Crippen MR) is 81.7 cm³/mol. The van der Waals surface area contributed by atoms with E-state index >= 15 is 0 Å². The Hall–Kier alpha value is -2.27. The van der Waals surface area contributed by atoms with Crippen LogP contribution in [-0.2, 0) is 9.53 Å². The number of halogens is 1. The average molecular weight is 322 g/mol. The summed E-state index contributed by atoms with van der Waals surface area (Å²) >= 11 is 6.15. The van der Waals surface area contributed by atoms with Gasteiger partial charge in [-0.05, 0) is 30.7 Å². The van der Waals surface area contributed by atoms with E-state index < -0.39 is 17.9 Å². The average Bonchev–Trinajstić information content (AvgIpc) is 2.93. The number of carbonyl (C=O) groups is 2. The van der Waals surface area contributed by atoms with Crippen LogP contribution in [0.25, 0.3) is 0 Å². The molecule has 0 saturated carbocycles. The summed E-state index contributed by atoms with van der Waals surface area (Å²) in [5.74, 6) is -0.0467. The lowest BCUT2D eigenvalue weighted by Crippen LogP contribution is -2.30. The lowest BCUT2D eigenvalue weighted by Gasteiger charge is -2.18. The van der Waals surface area contributed by atoms with Crippen molar-refractivity contribution in [2.45, 2.75) is 19.4 Å². The van der Waals surface area contributed by atoms with Crippen molar-refractivity contribution < 1.29 is 18.7 Å². The first-order valence-electron chi connectivity index (χ1n) is 6.70. The highest BCUT2D eigenvalue weighted by Gasteiger charge is 2.22. The Labute approximate surface area is 133 Å². The molecular weight excluding hydrogens is 306 g/mol. The van der Waals surface area contributed by atoms with Gasteiger partial charge < -0.3 is 14.5 Å². The summed E-state index contributed by atoms with van der Waals surface area (Å²) in [6.45, 7) is 1.75.